The van der Waals surface area contributed by atoms with Gasteiger partial charge in [0, 0.05) is 13.2 Å². The van der Waals surface area contributed by atoms with E-state index < -0.39 is 16.6 Å². The number of hydrogen-bond donors (Lipinski definition) is 1. The van der Waals surface area contributed by atoms with Crippen LogP contribution in [-0.2, 0) is 53.7 Å². The second kappa shape index (κ2) is 24.0. The molecule has 0 atom stereocenters. The molecule has 0 bridgehead atoms. The summed E-state index contributed by atoms with van der Waals surface area (Å²) in [5.74, 6) is 0. The van der Waals surface area contributed by atoms with Gasteiger partial charge in [-0.3, -0.25) is 4.79 Å². The summed E-state index contributed by atoms with van der Waals surface area (Å²) in [7, 11) is -3.65. The summed E-state index contributed by atoms with van der Waals surface area (Å²) in [4.78, 5) is 13.4. The molecular formula is C20H45O13Si2+. The molecule has 0 aromatic carbocycles. The van der Waals surface area contributed by atoms with Crippen LogP contribution in [0.15, 0.2) is 0 Å². The molecule has 0 heterocycles. The average Bonchev–Trinajstić information content (AvgIpc) is 2.79. The van der Waals surface area contributed by atoms with E-state index in [1.165, 1.54) is 19.1 Å². The van der Waals surface area contributed by atoms with Gasteiger partial charge in [0.15, 0.2) is 16.6 Å². The molecule has 0 spiro atoms. The lowest BCUT2D eigenvalue weighted by atomic mass is 10.1. The third-order valence-corrected chi connectivity index (χ3v) is 12.4. The van der Waals surface area contributed by atoms with E-state index in [4.69, 9.17) is 28.5 Å². The molecule has 13 nitrogen and oxygen atoms in total. The van der Waals surface area contributed by atoms with Crippen molar-refractivity contribution >= 4 is 22.9 Å². The first-order valence-electron chi connectivity index (χ1n) is 12.1. The van der Waals surface area contributed by atoms with Crippen molar-refractivity contribution in [1.29, 1.82) is 0 Å². The first-order chi connectivity index (χ1) is 16.8. The van der Waals surface area contributed by atoms with Crippen LogP contribution in [0.5, 0.6) is 0 Å². The average molecular weight is 550 g/mol. The van der Waals surface area contributed by atoms with Crippen molar-refractivity contribution < 1.29 is 63.8 Å². The van der Waals surface area contributed by atoms with Gasteiger partial charge < -0.3 is 13.6 Å². The third kappa shape index (κ3) is 26.5. The van der Waals surface area contributed by atoms with E-state index >= 15 is 0 Å². The molecule has 0 saturated carbocycles. The van der Waals surface area contributed by atoms with Gasteiger partial charge in [0.1, 0.15) is 0 Å². The zero-order chi connectivity index (χ0) is 26.1. The van der Waals surface area contributed by atoms with Crippen LogP contribution in [-0.4, -0.2) is 66.0 Å². The summed E-state index contributed by atoms with van der Waals surface area (Å²) in [6.07, 6.45) is 9.36. The van der Waals surface area contributed by atoms with E-state index in [0.717, 1.165) is 57.2 Å². The van der Waals surface area contributed by atoms with E-state index in [1.807, 2.05) is 0 Å². The summed E-state index contributed by atoms with van der Waals surface area (Å²) in [5, 5.41) is 33.6. The van der Waals surface area contributed by atoms with Gasteiger partial charge >= 0.3 is 0 Å². The molecule has 0 aromatic heterocycles. The largest absolute Gasteiger partial charge is 0.455 e. The van der Waals surface area contributed by atoms with Gasteiger partial charge in [-0.1, -0.05) is 19.3 Å². The minimum absolute atomic E-state index is 0.266. The van der Waals surface area contributed by atoms with Crippen molar-refractivity contribution in [2.24, 2.45) is 0 Å². The summed E-state index contributed by atoms with van der Waals surface area (Å²) in [5.41, 5.74) is 0. The maximum atomic E-state index is 8.62. The van der Waals surface area contributed by atoms with Gasteiger partial charge in [0.2, 0.25) is 0 Å². The Morgan fingerprint density at radius 1 is 0.600 bits per heavy atom. The molecule has 0 radical (unpaired) electrons. The van der Waals surface area contributed by atoms with Crippen molar-refractivity contribution in [3.63, 3.8) is 0 Å². The fourth-order valence-electron chi connectivity index (χ4n) is 3.41. The quantitative estimate of drug-likeness (QED) is 0.0359. The molecule has 0 rings (SSSR count). The molecule has 0 fully saturated rings. The highest BCUT2D eigenvalue weighted by Crippen LogP contribution is 2.23. The summed E-state index contributed by atoms with van der Waals surface area (Å²) in [6, 6.07) is 1.93. The lowest BCUT2D eigenvalue weighted by Crippen LogP contribution is -2.44. The highest BCUT2D eigenvalue weighted by atomic mass is 28.4. The highest BCUT2D eigenvalue weighted by molar-refractivity contribution is 6.84. The van der Waals surface area contributed by atoms with Crippen LogP contribution in [0.3, 0.4) is 0 Å². The van der Waals surface area contributed by atoms with Crippen LogP contribution in [0.1, 0.15) is 51.4 Å². The van der Waals surface area contributed by atoms with Crippen LogP contribution >= 0.6 is 0 Å². The summed E-state index contributed by atoms with van der Waals surface area (Å²) < 4.78 is 17.9. The predicted molar refractivity (Wildman–Crippen MR) is 128 cm³/mol. The number of rotatable bonds is 28. The van der Waals surface area contributed by atoms with Gasteiger partial charge in [-0.15, -0.1) is 0 Å². The molecular weight excluding hydrogens is 504 g/mol. The minimum atomic E-state index is -1.85. The normalized spacial score (nSPS) is 12.4. The second-order valence-electron chi connectivity index (χ2n) is 9.10. The van der Waals surface area contributed by atoms with Crippen molar-refractivity contribution in [3.05, 3.63) is 0 Å². The Labute approximate surface area is 209 Å². The van der Waals surface area contributed by atoms with Gasteiger partial charge in [0.05, 0.1) is 26.2 Å². The molecule has 0 saturated heterocycles. The van der Waals surface area contributed by atoms with Crippen molar-refractivity contribution in [1.82, 2.24) is 0 Å². The van der Waals surface area contributed by atoms with Gasteiger partial charge in [0.25, 0.3) is 6.29 Å². The van der Waals surface area contributed by atoms with Crippen molar-refractivity contribution in [2.75, 3.05) is 33.0 Å². The van der Waals surface area contributed by atoms with Gasteiger partial charge in [-0.2, -0.15) is 0 Å². The van der Waals surface area contributed by atoms with Crippen molar-refractivity contribution in [3.8, 4) is 0 Å². The van der Waals surface area contributed by atoms with E-state index in [0.29, 0.717) is 19.8 Å². The molecule has 210 valence electrons. The number of hydrogen-bond acceptors (Lipinski definition) is 12. The van der Waals surface area contributed by atoms with Crippen LogP contribution < -0.4 is 0 Å². The zero-order valence-electron chi connectivity index (χ0n) is 21.6. The lowest BCUT2D eigenvalue weighted by molar-refractivity contribution is -0.830. The van der Waals surface area contributed by atoms with E-state index in [-0.39, 0.29) is 6.61 Å². The van der Waals surface area contributed by atoms with Gasteiger partial charge in [-0.05, 0) is 99.2 Å². The Balaban J connectivity index is 3.59. The molecule has 2 N–H and O–H groups in total. The summed E-state index contributed by atoms with van der Waals surface area (Å²) >= 11 is 0. The van der Waals surface area contributed by atoms with E-state index in [1.54, 1.807) is 0 Å². The number of ether oxygens (including phenoxy) is 2. The first kappa shape index (κ1) is 34.6. The van der Waals surface area contributed by atoms with Crippen LogP contribution in [0.2, 0.25) is 38.3 Å². The van der Waals surface area contributed by atoms with Crippen LogP contribution in [0.4, 0.5) is 0 Å². The third-order valence-electron chi connectivity index (χ3n) is 4.84. The molecule has 0 aliphatic rings. The summed E-state index contributed by atoms with van der Waals surface area (Å²) in [6.45, 7) is 11.9. The molecule has 0 amide bonds. The fourth-order valence-corrected chi connectivity index (χ4v) is 12.2. The molecule has 15 heteroatoms. The van der Waals surface area contributed by atoms with E-state index in [2.05, 4.69) is 61.5 Å². The predicted octanol–water partition coefficient (Wildman–Crippen LogP) is 4.75. The Morgan fingerprint density at radius 3 is 1.74 bits per heavy atom. The smallest absolute Gasteiger partial charge is 0.281 e. The fraction of sp³-hybridized carbons (Fsp3) is 0.950. The highest BCUT2D eigenvalue weighted by Gasteiger charge is 2.32. The SMILES string of the molecule is C[Si](C)(CCCOCCOCCCCCCCC=[OH+])O[Si](C)(C)CCCOOOOOOOOO. The number of aldehydes is 1. The first-order valence-corrected chi connectivity index (χ1v) is 18.3. The van der Waals surface area contributed by atoms with E-state index in [9.17, 15) is 0 Å². The maximum absolute atomic E-state index is 8.62. The molecule has 0 aliphatic heterocycles. The van der Waals surface area contributed by atoms with Crippen LogP contribution in [0.25, 0.3) is 0 Å². The van der Waals surface area contributed by atoms with Crippen LogP contribution in [0, 0.1) is 0 Å². The molecule has 0 unspecified atom stereocenters. The zero-order valence-corrected chi connectivity index (χ0v) is 23.6. The Kier molecular flexibility index (Phi) is 23.7. The standard InChI is InChI=1S/C20H44O13Si2/c1-34(2,19-11-15-24-18-17-23-14-10-8-6-5-7-9-13-21)33-35(3,4)20-12-16-25-27-29-31-32-30-28-26-22/h13,22H,5-12,14-20H2,1-4H3/p+1. The Hall–Kier alpha value is -0.376. The molecule has 0 aromatic rings. The second-order valence-corrected chi connectivity index (χ2v) is 18.0. The molecule has 0 aliphatic carbocycles. The molecule has 35 heavy (non-hydrogen) atoms. The monoisotopic (exact) mass is 549 g/mol. The minimum Gasteiger partial charge on any atom is -0.455 e. The Morgan fingerprint density at radius 2 is 1.11 bits per heavy atom. The van der Waals surface area contributed by atoms with Crippen molar-refractivity contribution in [2.45, 2.75) is 89.6 Å². The Bertz CT molecular complexity index is 472. The number of unbranched alkanes of at least 4 members (excludes halogenated alkanes) is 5. The van der Waals surface area contributed by atoms with Gasteiger partial charge in [-0.25, -0.2) is 10.1 Å². The lowest BCUT2D eigenvalue weighted by Gasteiger charge is -2.34. The maximum Gasteiger partial charge on any atom is 0.281 e. The topological polar surface area (TPSA) is 143 Å². The number of carbonyl (C=O) groups excluding carboxylic acids is 1.